The Labute approximate surface area is 735 Å². The van der Waals surface area contributed by atoms with Crippen LogP contribution in [-0.4, -0.2) is 201 Å². The molecular formula is C96H152N8O16. The maximum atomic E-state index is 12.9. The van der Waals surface area contributed by atoms with Gasteiger partial charge < -0.3 is 79.8 Å². The van der Waals surface area contributed by atoms with Gasteiger partial charge in [0.05, 0.1) is 65.0 Å². The summed E-state index contributed by atoms with van der Waals surface area (Å²) in [7, 11) is 4.38. The van der Waals surface area contributed by atoms with Crippen LogP contribution in [0.15, 0.2) is 48.5 Å². The molecule has 12 rings (SSSR count). The van der Waals surface area contributed by atoms with Gasteiger partial charge in [-0.05, 0) is 192 Å². The van der Waals surface area contributed by atoms with Gasteiger partial charge in [-0.1, -0.05) is 111 Å². The van der Waals surface area contributed by atoms with Crippen LogP contribution in [0.3, 0.4) is 0 Å². The molecular weight excluding hydrogens is 1520 g/mol. The Kier molecular flexibility index (Phi) is 29.3. The standard InChI is InChI=1S/4C24H38N2O4/c4*1-14(2)9-17-13-26-8-7-16-10-21(28-5)22(29-6)11-18(16)19(26)12-20(17)30-24(27)23(25)15(3)4/h4*10-11,14-15,17,19-20,23H,7-9,12-13,25H2,1-6H3/t4*17-,19-,20+,23+/m1111/s1/i1D3,9D2,14D;2*5D3;/t14?,17-,19-,20+,23+;3m. The fourth-order valence-electron chi connectivity index (χ4n) is 18.9. The van der Waals surface area contributed by atoms with Crippen LogP contribution >= 0.6 is 0 Å². The Morgan fingerprint density at radius 1 is 0.358 bits per heavy atom. The summed E-state index contributed by atoms with van der Waals surface area (Å²) >= 11 is 0. The van der Waals surface area contributed by atoms with Gasteiger partial charge in [-0.25, -0.2) is 0 Å². The van der Waals surface area contributed by atoms with E-state index in [1.165, 1.54) is 25.3 Å². The van der Waals surface area contributed by atoms with E-state index in [2.05, 4.69) is 73.3 Å². The first-order valence-electron chi connectivity index (χ1n) is 49.7. The number of benzene rings is 4. The van der Waals surface area contributed by atoms with Crippen molar-refractivity contribution >= 4 is 23.9 Å². The minimum absolute atomic E-state index is 0.0115. The molecule has 4 saturated heterocycles. The van der Waals surface area contributed by atoms with E-state index in [1.54, 1.807) is 54.4 Å². The summed E-state index contributed by atoms with van der Waals surface area (Å²) in [6, 6.07) is 12.7. The van der Waals surface area contributed by atoms with Crippen LogP contribution in [0.4, 0.5) is 0 Å². The third kappa shape index (κ3) is 23.8. The normalized spacial score (nSPS) is 27.3. The lowest BCUT2D eigenvalue weighted by molar-refractivity contribution is -0.161. The maximum absolute atomic E-state index is 12.9. The molecule has 24 nitrogen and oxygen atoms in total. The number of carbonyl (C=O) groups is 4. The largest absolute Gasteiger partial charge is 0.493 e. The molecule has 0 bridgehead atoms. The highest BCUT2D eigenvalue weighted by Crippen LogP contribution is 2.50. The van der Waals surface area contributed by atoms with Crippen LogP contribution < -0.4 is 60.8 Å². The first-order valence-corrected chi connectivity index (χ1v) is 43.7. The molecule has 0 amide bonds. The summed E-state index contributed by atoms with van der Waals surface area (Å²) in [5.41, 5.74) is 33.1. The minimum Gasteiger partial charge on any atom is -0.493 e. The van der Waals surface area contributed by atoms with Gasteiger partial charge in [0.1, 0.15) is 48.6 Å². The molecule has 8 heterocycles. The molecule has 4 aromatic carbocycles. The van der Waals surface area contributed by atoms with Gasteiger partial charge in [0, 0.05) is 134 Å². The number of hydrogen-bond acceptors (Lipinski definition) is 24. The van der Waals surface area contributed by atoms with E-state index in [9.17, 15) is 19.2 Å². The first kappa shape index (κ1) is 80.0. The van der Waals surface area contributed by atoms with Crippen LogP contribution in [0, 0.1) is 71.0 Å². The second kappa shape index (κ2) is 43.9. The molecule has 8 aliphatic rings. The monoisotopic (exact) mass is 1690 g/mol. The van der Waals surface area contributed by atoms with Gasteiger partial charge in [-0.3, -0.25) is 38.8 Å². The zero-order chi connectivity index (χ0) is 98.2. The third-order valence-electron chi connectivity index (χ3n) is 25.7. The van der Waals surface area contributed by atoms with Crippen molar-refractivity contribution in [1.82, 2.24) is 19.6 Å². The second-order valence-corrected chi connectivity index (χ2v) is 36.9. The van der Waals surface area contributed by atoms with Crippen LogP contribution in [0.2, 0.25) is 0 Å². The molecule has 8 N–H and O–H groups in total. The number of nitrogens with zero attached hydrogens (tertiary/aromatic N) is 4. The van der Waals surface area contributed by atoms with Gasteiger partial charge in [-0.15, -0.1) is 0 Å². The van der Waals surface area contributed by atoms with Crippen molar-refractivity contribution < 1.29 is 92.5 Å². The molecule has 24 heteroatoms. The Balaban J connectivity index is 0.000000198. The Bertz CT molecular complexity index is 4380. The number of hydrogen-bond donors (Lipinski definition) is 4. The van der Waals surface area contributed by atoms with E-state index in [-0.39, 0.29) is 120 Å². The molecule has 4 aromatic rings. The maximum Gasteiger partial charge on any atom is 0.323 e. The zero-order valence-electron chi connectivity index (χ0n) is 87.5. The molecule has 120 heavy (non-hydrogen) atoms. The lowest BCUT2D eigenvalue weighted by atomic mass is 9.79. The van der Waals surface area contributed by atoms with Crippen molar-refractivity contribution in [3.63, 3.8) is 0 Å². The fraction of sp³-hybridized carbons (Fsp3) is 0.708. The Morgan fingerprint density at radius 2 is 0.575 bits per heavy atom. The Hall–Kier alpha value is -7.16. The fourth-order valence-corrected chi connectivity index (χ4v) is 18.9. The predicted molar refractivity (Wildman–Crippen MR) is 471 cm³/mol. The van der Waals surface area contributed by atoms with Crippen molar-refractivity contribution in [2.24, 2.45) is 93.9 Å². The smallest absolute Gasteiger partial charge is 0.323 e. The van der Waals surface area contributed by atoms with Gasteiger partial charge in [0.25, 0.3) is 0 Å². The Morgan fingerprint density at radius 3 is 0.783 bits per heavy atom. The predicted octanol–water partition coefficient (Wildman–Crippen LogP) is 14.3. The van der Waals surface area contributed by atoms with Crippen LogP contribution in [-0.2, 0) is 63.8 Å². The summed E-state index contributed by atoms with van der Waals surface area (Å²) in [6.45, 7) is 32.7. The number of carbonyl (C=O) groups excluding carboxylic acids is 4. The number of fused-ring (bicyclic) bond motifs is 12. The number of nitrogens with two attached hydrogens (primary N) is 4. The van der Waals surface area contributed by atoms with Crippen LogP contribution in [0.1, 0.15) is 247 Å². The molecule has 0 aliphatic carbocycles. The van der Waals surface area contributed by atoms with Crippen molar-refractivity contribution in [1.29, 1.82) is 0 Å². The lowest BCUT2D eigenvalue weighted by Gasteiger charge is -2.47. The molecule has 0 aromatic heterocycles. The SMILES string of the molecule is COc1cc2c(cc1OC)[C@H]1C[C@H](OC(=O)[C@@H](N)C(C)C)[C@H](CC(C)C)CN1CC2.[2H]C([2H])([2H])C([2H])(C)C([2H])([2H])[C@@H]1CN2CCc3cc(OC)c(OC)cc3[C@H]2C[C@@H]1OC(=O)[C@@H](N)C(C)C.[2H]C([2H])([2H])Oc1cc2c(cc1OC)[C@H]1C[C@H](OC(=O)[C@@H](N)C(C)C)[C@H](CC(C)C)CN1CC2.[2H]C([2H])([2H])Oc1cc2c(cc1OC)[C@H]1C[C@H](OC(=O)[C@@H](N)C(C)C)[C@H](CC(C)C)CN1CC2. The summed E-state index contributed by atoms with van der Waals surface area (Å²) < 4.78 is 162. The van der Waals surface area contributed by atoms with E-state index in [1.807, 2.05) is 65.8 Å². The first-order chi connectivity index (χ1) is 61.6. The van der Waals surface area contributed by atoms with E-state index in [0.29, 0.717) is 72.5 Å². The number of ether oxygens (including phenoxy) is 12. The van der Waals surface area contributed by atoms with Gasteiger partial charge in [-0.2, -0.15) is 0 Å². The lowest BCUT2D eigenvalue weighted by Crippen LogP contribution is -2.51. The van der Waals surface area contributed by atoms with Crippen molar-refractivity contribution in [2.75, 3.05) is 109 Å². The number of methoxy groups -OCH3 is 8. The molecule has 4 fully saturated rings. The average Bonchev–Trinajstić information content (AvgIpc) is 0.743. The van der Waals surface area contributed by atoms with Crippen molar-refractivity contribution in [3.05, 3.63) is 93.0 Å². The van der Waals surface area contributed by atoms with Gasteiger partial charge in [0.2, 0.25) is 0 Å². The van der Waals surface area contributed by atoms with Crippen LogP contribution in [0.5, 0.6) is 46.0 Å². The molecule has 1 unspecified atom stereocenters. The highest BCUT2D eigenvalue weighted by molar-refractivity contribution is 5.77. The van der Waals surface area contributed by atoms with E-state index in [4.69, 9.17) is 96.2 Å². The topological polar surface area (TPSA) is 296 Å². The quantitative estimate of drug-likeness (QED) is 0.0303. The minimum atomic E-state index is -2.88. The highest BCUT2D eigenvalue weighted by atomic mass is 16.6. The average molecular weight is 1690 g/mol. The van der Waals surface area contributed by atoms with E-state index in [0.717, 1.165) is 136 Å². The molecule has 17 atom stereocenters. The van der Waals surface area contributed by atoms with Crippen molar-refractivity contribution in [3.8, 4) is 46.0 Å². The molecule has 0 saturated carbocycles. The summed E-state index contributed by atoms with van der Waals surface area (Å²) in [5.74, 6) is 1.08. The number of piperidine rings is 4. The summed E-state index contributed by atoms with van der Waals surface area (Å²) in [5, 5.41) is 0. The van der Waals surface area contributed by atoms with Crippen LogP contribution in [0.25, 0.3) is 0 Å². The highest BCUT2D eigenvalue weighted by Gasteiger charge is 2.47. The zero-order valence-corrected chi connectivity index (χ0v) is 75.5. The van der Waals surface area contributed by atoms with Gasteiger partial charge >= 0.3 is 23.9 Å². The summed E-state index contributed by atoms with van der Waals surface area (Å²) in [4.78, 5) is 60.5. The molecule has 0 radical (unpaired) electrons. The van der Waals surface area contributed by atoms with Crippen molar-refractivity contribution in [2.45, 2.75) is 260 Å². The number of rotatable bonds is 28. The molecule has 8 aliphatic heterocycles. The summed E-state index contributed by atoms with van der Waals surface area (Å²) in [6.07, 6.45) is 4.59. The van der Waals surface area contributed by atoms with Gasteiger partial charge in [0.15, 0.2) is 46.0 Å². The van der Waals surface area contributed by atoms with E-state index < -0.39 is 75.4 Å². The number of esters is 4. The van der Waals surface area contributed by atoms with E-state index >= 15 is 0 Å². The second-order valence-electron chi connectivity index (χ2n) is 36.9. The molecule has 672 valence electrons. The third-order valence-corrected chi connectivity index (χ3v) is 25.7. The molecule has 0 spiro atoms.